The van der Waals surface area contributed by atoms with E-state index in [0.717, 1.165) is 0 Å². The smallest absolute Gasteiger partial charge is 0.195 e. The second-order valence-corrected chi connectivity index (χ2v) is 1.33. The minimum Gasteiger partial charge on any atom is -0.363 e. The summed E-state index contributed by atoms with van der Waals surface area (Å²) in [7, 11) is 0. The summed E-state index contributed by atoms with van der Waals surface area (Å²) < 4.78 is 0. The first-order valence-corrected chi connectivity index (χ1v) is 1.87. The molecule has 0 radical (unpaired) electrons. The van der Waals surface area contributed by atoms with E-state index in [2.05, 4.69) is 17.3 Å². The van der Waals surface area contributed by atoms with E-state index in [4.69, 9.17) is 5.11 Å². The van der Waals surface area contributed by atoms with Gasteiger partial charge in [0, 0.05) is 0 Å². The molecule has 0 saturated carbocycles. The third-order valence-corrected chi connectivity index (χ3v) is 0.550. The second kappa shape index (κ2) is 2.74. The van der Waals surface area contributed by atoms with Crippen LogP contribution in [0.4, 0.5) is 0 Å². The van der Waals surface area contributed by atoms with E-state index in [1.54, 1.807) is 6.92 Å². The fourth-order valence-electron chi connectivity index (χ4n) is 0.116. The molecule has 3 N–H and O–H groups in total. The lowest BCUT2D eigenvalue weighted by atomic mass is 10.3. The molecule has 7 heavy (non-hydrogen) atoms. The Hall–Kier alpha value is -0.380. The van der Waals surface area contributed by atoms with E-state index >= 15 is 0 Å². The molecule has 1 atom stereocenters. The van der Waals surface area contributed by atoms with Gasteiger partial charge in [0.25, 0.3) is 0 Å². The van der Waals surface area contributed by atoms with Crippen LogP contribution in [-0.4, -0.2) is 11.4 Å². The number of hydrogen-bond acceptors (Lipinski definition) is 3. The third kappa shape index (κ3) is 2.33. The minimum atomic E-state index is -1.01. The van der Waals surface area contributed by atoms with Gasteiger partial charge in [-0.2, -0.15) is 0 Å². The van der Waals surface area contributed by atoms with Gasteiger partial charge in [0.2, 0.25) is 0 Å². The molecule has 0 rings (SSSR count). The van der Waals surface area contributed by atoms with Crippen molar-refractivity contribution in [2.45, 2.75) is 13.2 Å². The minimum absolute atomic E-state index is 0.502. The normalized spacial score (nSPS) is 13.6. The third-order valence-electron chi connectivity index (χ3n) is 0.550. The number of aliphatic hydroxyl groups excluding tert-OH is 1. The van der Waals surface area contributed by atoms with Crippen LogP contribution in [0.15, 0.2) is 12.2 Å². The van der Waals surface area contributed by atoms with Gasteiger partial charge in [-0.25, -0.2) is 5.90 Å². The summed E-state index contributed by atoms with van der Waals surface area (Å²) >= 11 is 0. The quantitative estimate of drug-likeness (QED) is 0.288. The van der Waals surface area contributed by atoms with Gasteiger partial charge in [0.1, 0.15) is 0 Å². The fraction of sp³-hybridized carbons (Fsp3) is 0.500. The molecule has 0 aliphatic rings. The highest BCUT2D eigenvalue weighted by Gasteiger charge is 1.98. The molecule has 0 bridgehead atoms. The van der Waals surface area contributed by atoms with Crippen LogP contribution in [-0.2, 0) is 4.84 Å². The molecular weight excluding hydrogens is 94.0 g/mol. The van der Waals surface area contributed by atoms with E-state index in [1.165, 1.54) is 0 Å². The highest BCUT2D eigenvalue weighted by molar-refractivity contribution is 4.90. The average Bonchev–Trinajstić information content (AvgIpc) is 1.65. The van der Waals surface area contributed by atoms with E-state index in [9.17, 15) is 0 Å². The molecule has 0 aromatic rings. The van der Waals surface area contributed by atoms with Crippen molar-refractivity contribution in [3.8, 4) is 0 Å². The van der Waals surface area contributed by atoms with Crippen LogP contribution in [0.5, 0.6) is 0 Å². The number of aliphatic hydroxyl groups is 1. The number of nitrogens with two attached hydrogens (primary N) is 1. The van der Waals surface area contributed by atoms with E-state index in [-0.39, 0.29) is 0 Å². The molecule has 0 fully saturated rings. The molecule has 0 saturated heterocycles. The van der Waals surface area contributed by atoms with Crippen LogP contribution in [0.1, 0.15) is 6.92 Å². The predicted octanol–water partition coefficient (Wildman–Crippen LogP) is -0.229. The SMILES string of the molecule is C=C(C)C(O)ON. The Balaban J connectivity index is 3.34. The predicted molar refractivity (Wildman–Crippen MR) is 26.1 cm³/mol. The monoisotopic (exact) mass is 103 g/mol. The van der Waals surface area contributed by atoms with Crippen molar-refractivity contribution in [2.75, 3.05) is 0 Å². The summed E-state index contributed by atoms with van der Waals surface area (Å²) in [6.45, 7) is 4.99. The number of hydrogen-bond donors (Lipinski definition) is 2. The van der Waals surface area contributed by atoms with E-state index in [1.807, 2.05) is 0 Å². The van der Waals surface area contributed by atoms with Gasteiger partial charge in [-0.05, 0) is 12.5 Å². The topological polar surface area (TPSA) is 55.5 Å². The second-order valence-electron chi connectivity index (χ2n) is 1.33. The van der Waals surface area contributed by atoms with Gasteiger partial charge in [0.15, 0.2) is 6.29 Å². The molecule has 0 aromatic heterocycles. The van der Waals surface area contributed by atoms with Gasteiger partial charge in [-0.3, -0.25) is 4.84 Å². The Bertz CT molecular complexity index is 72.1. The Morgan fingerprint density at radius 3 is 2.43 bits per heavy atom. The lowest BCUT2D eigenvalue weighted by molar-refractivity contribution is -0.0740. The fourth-order valence-corrected chi connectivity index (χ4v) is 0.116. The van der Waals surface area contributed by atoms with Gasteiger partial charge < -0.3 is 5.11 Å². The molecule has 0 heterocycles. The summed E-state index contributed by atoms with van der Waals surface area (Å²) in [5.74, 6) is 4.56. The lowest BCUT2D eigenvalue weighted by Crippen LogP contribution is -2.16. The summed E-state index contributed by atoms with van der Waals surface area (Å²) in [5, 5.41) is 8.49. The molecule has 0 aliphatic heterocycles. The Morgan fingerprint density at radius 1 is 2.00 bits per heavy atom. The first kappa shape index (κ1) is 6.62. The standard InChI is InChI=1S/C4H9NO2/c1-3(2)4(6)7-5/h4,6H,1,5H2,2H3. The molecule has 3 nitrogen and oxygen atoms in total. The average molecular weight is 103 g/mol. The van der Waals surface area contributed by atoms with Crippen molar-refractivity contribution >= 4 is 0 Å². The van der Waals surface area contributed by atoms with Crippen molar-refractivity contribution in [2.24, 2.45) is 5.90 Å². The molecule has 0 aliphatic carbocycles. The Labute approximate surface area is 42.3 Å². The van der Waals surface area contributed by atoms with Crippen LogP contribution in [0.2, 0.25) is 0 Å². The molecule has 1 unspecified atom stereocenters. The maximum absolute atomic E-state index is 8.49. The zero-order valence-electron chi connectivity index (χ0n) is 4.22. The zero-order chi connectivity index (χ0) is 5.86. The summed E-state index contributed by atoms with van der Waals surface area (Å²) in [5.41, 5.74) is 0.502. The van der Waals surface area contributed by atoms with Crippen molar-refractivity contribution in [1.82, 2.24) is 0 Å². The Morgan fingerprint density at radius 2 is 2.43 bits per heavy atom. The Kier molecular flexibility index (Phi) is 2.59. The molecule has 42 valence electrons. The van der Waals surface area contributed by atoms with Crippen molar-refractivity contribution in [3.05, 3.63) is 12.2 Å². The maximum atomic E-state index is 8.49. The molecule has 0 amide bonds. The van der Waals surface area contributed by atoms with Gasteiger partial charge in [0.05, 0.1) is 0 Å². The summed E-state index contributed by atoms with van der Waals surface area (Å²) in [6.07, 6.45) is -1.01. The lowest BCUT2D eigenvalue weighted by Gasteiger charge is -2.03. The summed E-state index contributed by atoms with van der Waals surface area (Å²) in [4.78, 5) is 3.97. The van der Waals surface area contributed by atoms with E-state index < -0.39 is 6.29 Å². The summed E-state index contributed by atoms with van der Waals surface area (Å²) in [6, 6.07) is 0. The first-order chi connectivity index (χ1) is 3.18. The van der Waals surface area contributed by atoms with E-state index in [0.29, 0.717) is 5.57 Å². The largest absolute Gasteiger partial charge is 0.363 e. The van der Waals surface area contributed by atoms with Crippen molar-refractivity contribution < 1.29 is 9.94 Å². The van der Waals surface area contributed by atoms with Crippen molar-refractivity contribution in [3.63, 3.8) is 0 Å². The van der Waals surface area contributed by atoms with Crippen LogP contribution in [0.25, 0.3) is 0 Å². The maximum Gasteiger partial charge on any atom is 0.195 e. The molecular formula is C4H9NO2. The molecule has 0 spiro atoms. The first-order valence-electron chi connectivity index (χ1n) is 1.87. The van der Waals surface area contributed by atoms with Crippen LogP contribution in [0.3, 0.4) is 0 Å². The van der Waals surface area contributed by atoms with Gasteiger partial charge >= 0.3 is 0 Å². The molecule has 0 aromatic carbocycles. The van der Waals surface area contributed by atoms with Crippen LogP contribution < -0.4 is 5.90 Å². The van der Waals surface area contributed by atoms with Gasteiger partial charge in [-0.15, -0.1) is 0 Å². The highest BCUT2D eigenvalue weighted by Crippen LogP contribution is 1.93. The zero-order valence-corrected chi connectivity index (χ0v) is 4.22. The highest BCUT2D eigenvalue weighted by atomic mass is 16.7. The van der Waals surface area contributed by atoms with Crippen LogP contribution in [0, 0.1) is 0 Å². The van der Waals surface area contributed by atoms with Crippen LogP contribution >= 0.6 is 0 Å². The van der Waals surface area contributed by atoms with Crippen molar-refractivity contribution in [1.29, 1.82) is 0 Å². The molecule has 3 heteroatoms. The van der Waals surface area contributed by atoms with Gasteiger partial charge in [-0.1, -0.05) is 6.58 Å². The number of rotatable bonds is 2.